The van der Waals surface area contributed by atoms with Crippen LogP contribution >= 0.6 is 0 Å². The molecule has 2 aromatic carbocycles. The number of carbonyl (C=O) groups is 2. The van der Waals surface area contributed by atoms with Gasteiger partial charge in [0.25, 0.3) is 5.91 Å². The Hall–Kier alpha value is -2.86. The molecule has 5 rings (SSSR count). The first-order chi connectivity index (χ1) is 17.1. The van der Waals surface area contributed by atoms with Gasteiger partial charge in [-0.2, -0.15) is 0 Å². The Morgan fingerprint density at radius 3 is 2.60 bits per heavy atom. The number of hydrogen-bond donors (Lipinski definition) is 1. The number of aryl methyl sites for hydroxylation is 1. The van der Waals surface area contributed by atoms with E-state index in [-0.39, 0.29) is 36.5 Å². The Morgan fingerprint density at radius 2 is 1.86 bits per heavy atom. The average Bonchev–Trinajstić information content (AvgIpc) is 3.60. The van der Waals surface area contributed by atoms with Gasteiger partial charge in [-0.05, 0) is 67.9 Å². The average molecular weight is 477 g/mol. The molecular weight excluding hydrogens is 440 g/mol. The second-order valence-corrected chi connectivity index (χ2v) is 10.2. The summed E-state index contributed by atoms with van der Waals surface area (Å²) in [4.78, 5) is 28.0. The van der Waals surface area contributed by atoms with Crippen molar-refractivity contribution in [2.24, 2.45) is 5.92 Å². The van der Waals surface area contributed by atoms with Crippen molar-refractivity contribution in [1.29, 1.82) is 0 Å². The highest BCUT2D eigenvalue weighted by molar-refractivity contribution is 5.80. The van der Waals surface area contributed by atoms with Gasteiger partial charge in [0.05, 0.1) is 12.1 Å². The Balaban J connectivity index is 1.34. The summed E-state index contributed by atoms with van der Waals surface area (Å²) in [5, 5.41) is 2.91. The highest BCUT2D eigenvalue weighted by atomic mass is 16.5. The van der Waals surface area contributed by atoms with Crippen LogP contribution in [0.3, 0.4) is 0 Å². The summed E-state index contributed by atoms with van der Waals surface area (Å²) in [5.74, 6) is 0.921. The number of fused-ring (bicyclic) bond motifs is 1. The van der Waals surface area contributed by atoms with E-state index in [1.165, 1.54) is 11.1 Å². The van der Waals surface area contributed by atoms with Crippen LogP contribution in [0, 0.1) is 12.8 Å². The van der Waals surface area contributed by atoms with Crippen LogP contribution < -0.4 is 10.1 Å². The van der Waals surface area contributed by atoms with Crippen LogP contribution in [0.1, 0.15) is 66.8 Å². The molecule has 2 heterocycles. The van der Waals surface area contributed by atoms with E-state index in [0.29, 0.717) is 12.3 Å². The molecule has 2 aromatic rings. The van der Waals surface area contributed by atoms with Gasteiger partial charge in [0.2, 0.25) is 5.91 Å². The van der Waals surface area contributed by atoms with Crippen LogP contribution in [-0.4, -0.2) is 49.1 Å². The van der Waals surface area contributed by atoms with E-state index in [0.717, 1.165) is 69.2 Å². The lowest BCUT2D eigenvalue weighted by Gasteiger charge is -2.39. The molecule has 6 heteroatoms. The Bertz CT molecular complexity index is 1040. The molecule has 0 aromatic heterocycles. The minimum atomic E-state index is -0.147. The molecule has 2 atom stereocenters. The lowest BCUT2D eigenvalue weighted by molar-refractivity contribution is -0.137. The van der Waals surface area contributed by atoms with Crippen molar-refractivity contribution in [1.82, 2.24) is 10.2 Å². The maximum Gasteiger partial charge on any atom is 0.258 e. The van der Waals surface area contributed by atoms with Gasteiger partial charge in [-0.15, -0.1) is 0 Å². The zero-order chi connectivity index (χ0) is 24.2. The second-order valence-electron chi connectivity index (χ2n) is 10.2. The normalized spacial score (nSPS) is 22.1. The minimum Gasteiger partial charge on any atom is -0.484 e. The fraction of sp³-hybridized carbons (Fsp3) is 0.517. The van der Waals surface area contributed by atoms with Crippen molar-refractivity contribution in [3.05, 3.63) is 64.7 Å². The molecule has 0 radical (unpaired) electrons. The van der Waals surface area contributed by atoms with E-state index in [4.69, 9.17) is 9.47 Å². The van der Waals surface area contributed by atoms with Crippen molar-refractivity contribution in [3.63, 3.8) is 0 Å². The quantitative estimate of drug-likeness (QED) is 0.646. The fourth-order valence-electron chi connectivity index (χ4n) is 5.67. The standard InChI is InChI=1S/C29H36N2O4/c1-20-8-10-22(11-9-20)28-26-17-24(35-19-27(32)30-18-25-7-4-16-34-25)13-12-21(26)14-15-31(28)29(33)23-5-2-3-6-23/h8-13,17,23,25,28H,2-7,14-16,18-19H2,1H3,(H,30,32). The van der Waals surface area contributed by atoms with Crippen molar-refractivity contribution >= 4 is 11.8 Å². The molecule has 6 nitrogen and oxygen atoms in total. The number of benzene rings is 2. The number of nitrogens with zero attached hydrogens (tertiary/aromatic N) is 1. The highest BCUT2D eigenvalue weighted by Crippen LogP contribution is 2.39. The van der Waals surface area contributed by atoms with E-state index < -0.39 is 0 Å². The molecule has 2 amide bonds. The first-order valence-corrected chi connectivity index (χ1v) is 13.1. The summed E-state index contributed by atoms with van der Waals surface area (Å²) in [6.45, 7) is 4.07. The molecule has 0 spiro atoms. The second kappa shape index (κ2) is 10.8. The summed E-state index contributed by atoms with van der Waals surface area (Å²) in [6.07, 6.45) is 7.25. The van der Waals surface area contributed by atoms with E-state index >= 15 is 0 Å². The number of amides is 2. The van der Waals surface area contributed by atoms with Crippen LogP contribution in [0.15, 0.2) is 42.5 Å². The van der Waals surface area contributed by atoms with Gasteiger partial charge in [0.15, 0.2) is 6.61 Å². The van der Waals surface area contributed by atoms with Crippen molar-refractivity contribution in [3.8, 4) is 5.75 Å². The molecule has 1 saturated carbocycles. The highest BCUT2D eigenvalue weighted by Gasteiger charge is 2.36. The molecule has 1 N–H and O–H groups in total. The van der Waals surface area contributed by atoms with Crippen LogP contribution in [-0.2, 0) is 20.7 Å². The van der Waals surface area contributed by atoms with Crippen molar-refractivity contribution < 1.29 is 19.1 Å². The molecule has 2 aliphatic heterocycles. The number of hydrogen-bond acceptors (Lipinski definition) is 4. The summed E-state index contributed by atoms with van der Waals surface area (Å²) < 4.78 is 11.5. The first kappa shape index (κ1) is 23.9. The number of rotatable bonds is 7. The number of ether oxygens (including phenoxy) is 2. The predicted molar refractivity (Wildman–Crippen MR) is 134 cm³/mol. The third-order valence-electron chi connectivity index (χ3n) is 7.65. The van der Waals surface area contributed by atoms with Crippen molar-refractivity contribution in [2.45, 2.75) is 64.0 Å². The van der Waals surface area contributed by atoms with Crippen molar-refractivity contribution in [2.75, 3.05) is 26.3 Å². The third kappa shape index (κ3) is 5.53. The maximum atomic E-state index is 13.6. The van der Waals surface area contributed by atoms with Gasteiger partial charge >= 0.3 is 0 Å². The number of carbonyl (C=O) groups excluding carboxylic acids is 2. The van der Waals surface area contributed by atoms with Gasteiger partial charge in [0, 0.05) is 25.6 Å². The molecule has 2 unspecified atom stereocenters. The fourth-order valence-corrected chi connectivity index (χ4v) is 5.67. The molecule has 3 aliphatic rings. The largest absolute Gasteiger partial charge is 0.484 e. The SMILES string of the molecule is Cc1ccc(C2c3cc(OCC(=O)NCC4CCCO4)ccc3CCN2C(=O)C2CCCC2)cc1. The molecule has 186 valence electrons. The Kier molecular flexibility index (Phi) is 7.37. The van der Waals surface area contributed by atoms with Crippen LogP contribution in [0.5, 0.6) is 5.75 Å². The monoisotopic (exact) mass is 476 g/mol. The smallest absolute Gasteiger partial charge is 0.258 e. The Morgan fingerprint density at radius 1 is 1.06 bits per heavy atom. The van der Waals surface area contributed by atoms with Crippen LogP contribution in [0.2, 0.25) is 0 Å². The number of nitrogens with one attached hydrogen (secondary N) is 1. The van der Waals surface area contributed by atoms with Gasteiger partial charge in [-0.1, -0.05) is 48.7 Å². The zero-order valence-electron chi connectivity index (χ0n) is 20.6. The van der Waals surface area contributed by atoms with Crippen LogP contribution in [0.25, 0.3) is 0 Å². The Labute approximate surface area is 208 Å². The molecule has 1 aliphatic carbocycles. The molecule has 1 saturated heterocycles. The zero-order valence-corrected chi connectivity index (χ0v) is 20.6. The summed E-state index contributed by atoms with van der Waals surface area (Å²) in [7, 11) is 0. The van der Waals surface area contributed by atoms with Gasteiger partial charge < -0.3 is 19.7 Å². The van der Waals surface area contributed by atoms with E-state index in [1.807, 2.05) is 12.1 Å². The first-order valence-electron chi connectivity index (χ1n) is 13.1. The molecular formula is C29H36N2O4. The van der Waals surface area contributed by atoms with E-state index in [2.05, 4.69) is 47.5 Å². The maximum absolute atomic E-state index is 13.6. The third-order valence-corrected chi connectivity index (χ3v) is 7.65. The topological polar surface area (TPSA) is 67.9 Å². The lowest BCUT2D eigenvalue weighted by Crippen LogP contribution is -2.43. The predicted octanol–water partition coefficient (Wildman–Crippen LogP) is 4.33. The summed E-state index contributed by atoms with van der Waals surface area (Å²) >= 11 is 0. The van der Waals surface area contributed by atoms with E-state index in [1.54, 1.807) is 0 Å². The summed E-state index contributed by atoms with van der Waals surface area (Å²) in [5.41, 5.74) is 4.66. The van der Waals surface area contributed by atoms with Gasteiger partial charge in [0.1, 0.15) is 5.75 Å². The lowest BCUT2D eigenvalue weighted by atomic mass is 9.86. The minimum absolute atomic E-state index is 0.0363. The molecule has 35 heavy (non-hydrogen) atoms. The summed E-state index contributed by atoms with van der Waals surface area (Å²) in [6, 6.07) is 14.4. The van der Waals surface area contributed by atoms with Crippen LogP contribution in [0.4, 0.5) is 0 Å². The molecule has 0 bridgehead atoms. The van der Waals surface area contributed by atoms with E-state index in [9.17, 15) is 9.59 Å². The van der Waals surface area contributed by atoms with Gasteiger partial charge in [-0.3, -0.25) is 9.59 Å². The van der Waals surface area contributed by atoms with Gasteiger partial charge in [-0.25, -0.2) is 0 Å². The molecule has 2 fully saturated rings.